The van der Waals surface area contributed by atoms with Crippen LogP contribution in [0.2, 0.25) is 10.0 Å². The maximum absolute atomic E-state index is 11.2. The molecule has 4 nitrogen and oxygen atoms in total. The molecule has 3 aromatic rings. The molecule has 0 radical (unpaired) electrons. The normalized spacial score (nSPS) is 11.0. The Kier molecular flexibility index (Phi) is 6.05. The SMILES string of the molecule is CC(C)Cc1sc(Nc2cccc(C(=O)O)c2)nc1-c1ccc(Cl)c(Cl)c1. The molecule has 0 aliphatic carbocycles. The minimum atomic E-state index is -0.963. The summed E-state index contributed by atoms with van der Waals surface area (Å²) in [5, 5.41) is 14.1. The molecule has 0 atom stereocenters. The number of aromatic carboxylic acids is 1. The van der Waals surface area contributed by atoms with E-state index in [0.29, 0.717) is 26.8 Å². The highest BCUT2D eigenvalue weighted by Gasteiger charge is 2.16. The molecule has 0 spiro atoms. The van der Waals surface area contributed by atoms with Crippen molar-refractivity contribution in [1.82, 2.24) is 4.98 Å². The van der Waals surface area contributed by atoms with E-state index in [1.165, 1.54) is 0 Å². The number of nitrogens with zero attached hydrogens (tertiary/aromatic N) is 1. The smallest absolute Gasteiger partial charge is 0.335 e. The van der Waals surface area contributed by atoms with Crippen LogP contribution in [0.5, 0.6) is 0 Å². The quantitative estimate of drug-likeness (QED) is 0.462. The molecule has 7 heteroatoms. The highest BCUT2D eigenvalue weighted by molar-refractivity contribution is 7.16. The van der Waals surface area contributed by atoms with Gasteiger partial charge in [0.2, 0.25) is 0 Å². The van der Waals surface area contributed by atoms with Crippen LogP contribution in [0.4, 0.5) is 10.8 Å². The van der Waals surface area contributed by atoms with E-state index in [0.717, 1.165) is 22.6 Å². The van der Waals surface area contributed by atoms with Crippen LogP contribution >= 0.6 is 34.5 Å². The molecule has 2 aromatic carbocycles. The lowest BCUT2D eigenvalue weighted by atomic mass is 10.0. The molecule has 0 unspecified atom stereocenters. The first kappa shape index (κ1) is 19.7. The molecular formula is C20H18Cl2N2O2S. The van der Waals surface area contributed by atoms with Crippen molar-refractivity contribution < 1.29 is 9.90 Å². The molecule has 0 saturated carbocycles. The standard InChI is InChI=1S/C20H18Cl2N2O2S/c1-11(2)8-17-18(12-6-7-15(21)16(22)10-12)24-20(27-17)23-14-5-3-4-13(9-14)19(25)26/h3-7,9-11H,8H2,1-2H3,(H,23,24)(H,25,26). The molecule has 2 N–H and O–H groups in total. The van der Waals surface area contributed by atoms with Gasteiger partial charge in [0.15, 0.2) is 5.13 Å². The van der Waals surface area contributed by atoms with Gasteiger partial charge in [-0.15, -0.1) is 11.3 Å². The van der Waals surface area contributed by atoms with E-state index < -0.39 is 5.97 Å². The summed E-state index contributed by atoms with van der Waals surface area (Å²) in [6.45, 7) is 4.31. The van der Waals surface area contributed by atoms with Gasteiger partial charge in [0.25, 0.3) is 0 Å². The number of carboxylic acids is 1. The van der Waals surface area contributed by atoms with E-state index in [9.17, 15) is 4.79 Å². The average Bonchev–Trinajstić information content (AvgIpc) is 2.99. The molecule has 0 aliphatic rings. The van der Waals surface area contributed by atoms with Gasteiger partial charge in [-0.1, -0.05) is 49.2 Å². The van der Waals surface area contributed by atoms with Crippen LogP contribution in [0, 0.1) is 5.92 Å². The monoisotopic (exact) mass is 420 g/mol. The highest BCUT2D eigenvalue weighted by Crippen LogP contribution is 2.36. The number of thiazole rings is 1. The van der Waals surface area contributed by atoms with Crippen molar-refractivity contribution in [2.75, 3.05) is 5.32 Å². The van der Waals surface area contributed by atoms with Crippen molar-refractivity contribution in [3.8, 4) is 11.3 Å². The second-order valence-corrected chi connectivity index (χ2v) is 8.43. The van der Waals surface area contributed by atoms with E-state index in [-0.39, 0.29) is 5.56 Å². The Morgan fingerprint density at radius 1 is 1.19 bits per heavy atom. The Morgan fingerprint density at radius 2 is 1.96 bits per heavy atom. The Labute approximate surface area is 171 Å². The Balaban J connectivity index is 1.97. The second-order valence-electron chi connectivity index (χ2n) is 6.53. The largest absolute Gasteiger partial charge is 0.478 e. The van der Waals surface area contributed by atoms with Crippen LogP contribution in [0.25, 0.3) is 11.3 Å². The molecule has 1 aromatic heterocycles. The van der Waals surface area contributed by atoms with Gasteiger partial charge in [0, 0.05) is 16.1 Å². The highest BCUT2D eigenvalue weighted by atomic mass is 35.5. The van der Waals surface area contributed by atoms with Gasteiger partial charge in [-0.3, -0.25) is 0 Å². The number of rotatable bonds is 6. The van der Waals surface area contributed by atoms with Gasteiger partial charge in [-0.2, -0.15) is 0 Å². The van der Waals surface area contributed by atoms with Crippen LogP contribution in [0.1, 0.15) is 29.1 Å². The number of halogens is 2. The number of carboxylic acid groups (broad SMARTS) is 1. The number of hydrogen-bond donors (Lipinski definition) is 2. The van der Waals surface area contributed by atoms with Gasteiger partial charge in [0.05, 0.1) is 21.3 Å². The van der Waals surface area contributed by atoms with E-state index in [1.54, 1.807) is 35.6 Å². The molecule has 27 heavy (non-hydrogen) atoms. The molecule has 0 amide bonds. The predicted molar refractivity (Wildman–Crippen MR) is 113 cm³/mol. The summed E-state index contributed by atoms with van der Waals surface area (Å²) in [5.74, 6) is -0.495. The summed E-state index contributed by atoms with van der Waals surface area (Å²) in [4.78, 5) is 17.0. The van der Waals surface area contributed by atoms with Gasteiger partial charge < -0.3 is 10.4 Å². The third kappa shape index (κ3) is 4.80. The zero-order valence-electron chi connectivity index (χ0n) is 14.8. The molecule has 3 rings (SSSR count). The molecule has 140 valence electrons. The van der Waals surface area contributed by atoms with Crippen molar-refractivity contribution in [1.29, 1.82) is 0 Å². The molecule has 0 bridgehead atoms. The van der Waals surface area contributed by atoms with Gasteiger partial charge in [-0.05, 0) is 42.7 Å². The summed E-state index contributed by atoms with van der Waals surface area (Å²) in [5.41, 5.74) is 2.68. The lowest BCUT2D eigenvalue weighted by Crippen LogP contribution is -1.97. The van der Waals surface area contributed by atoms with Crippen LogP contribution in [-0.4, -0.2) is 16.1 Å². The van der Waals surface area contributed by atoms with E-state index >= 15 is 0 Å². The third-order valence-electron chi connectivity index (χ3n) is 3.84. The minimum absolute atomic E-state index is 0.226. The van der Waals surface area contributed by atoms with Crippen molar-refractivity contribution in [2.45, 2.75) is 20.3 Å². The summed E-state index contributed by atoms with van der Waals surface area (Å²) >= 11 is 13.8. The fraction of sp³-hybridized carbons (Fsp3) is 0.200. The lowest BCUT2D eigenvalue weighted by molar-refractivity contribution is 0.0697. The summed E-state index contributed by atoms with van der Waals surface area (Å²) in [7, 11) is 0. The molecule has 0 saturated heterocycles. The lowest BCUT2D eigenvalue weighted by Gasteiger charge is -2.06. The van der Waals surface area contributed by atoms with Crippen molar-refractivity contribution in [2.24, 2.45) is 5.92 Å². The molecule has 0 fully saturated rings. The minimum Gasteiger partial charge on any atom is -0.478 e. The van der Waals surface area contributed by atoms with Gasteiger partial charge >= 0.3 is 5.97 Å². The number of hydrogen-bond acceptors (Lipinski definition) is 4. The number of aromatic nitrogens is 1. The molecular weight excluding hydrogens is 403 g/mol. The fourth-order valence-electron chi connectivity index (χ4n) is 2.64. The number of carbonyl (C=O) groups is 1. The Hall–Kier alpha value is -2.08. The zero-order valence-corrected chi connectivity index (χ0v) is 17.1. The van der Waals surface area contributed by atoms with Crippen LogP contribution in [0.3, 0.4) is 0 Å². The maximum atomic E-state index is 11.2. The second kappa shape index (κ2) is 8.30. The fourth-order valence-corrected chi connectivity index (χ4v) is 4.15. The number of nitrogens with one attached hydrogen (secondary N) is 1. The first-order chi connectivity index (χ1) is 12.8. The van der Waals surface area contributed by atoms with Gasteiger partial charge in [0.1, 0.15) is 0 Å². The number of anilines is 2. The van der Waals surface area contributed by atoms with Gasteiger partial charge in [-0.25, -0.2) is 9.78 Å². The third-order valence-corrected chi connectivity index (χ3v) is 5.58. The van der Waals surface area contributed by atoms with E-state index in [1.807, 2.05) is 18.2 Å². The Bertz CT molecular complexity index is 986. The Morgan fingerprint density at radius 3 is 2.63 bits per heavy atom. The molecule has 1 heterocycles. The summed E-state index contributed by atoms with van der Waals surface area (Å²) in [6.07, 6.45) is 0.879. The zero-order chi connectivity index (χ0) is 19.6. The van der Waals surface area contributed by atoms with Crippen LogP contribution in [0.15, 0.2) is 42.5 Å². The average molecular weight is 421 g/mol. The topological polar surface area (TPSA) is 62.2 Å². The maximum Gasteiger partial charge on any atom is 0.335 e. The van der Waals surface area contributed by atoms with Crippen molar-refractivity contribution in [3.63, 3.8) is 0 Å². The van der Waals surface area contributed by atoms with E-state index in [2.05, 4.69) is 19.2 Å². The predicted octanol–water partition coefficient (Wildman–Crippen LogP) is 6.76. The first-order valence-electron chi connectivity index (χ1n) is 8.39. The summed E-state index contributed by atoms with van der Waals surface area (Å²) in [6, 6.07) is 12.1. The molecule has 0 aliphatic heterocycles. The number of benzene rings is 2. The van der Waals surface area contributed by atoms with E-state index in [4.69, 9.17) is 33.3 Å². The van der Waals surface area contributed by atoms with Crippen LogP contribution in [-0.2, 0) is 6.42 Å². The first-order valence-corrected chi connectivity index (χ1v) is 9.96. The summed E-state index contributed by atoms with van der Waals surface area (Å²) < 4.78 is 0. The van der Waals surface area contributed by atoms with Crippen molar-refractivity contribution in [3.05, 3.63) is 63.0 Å². The van der Waals surface area contributed by atoms with Crippen LogP contribution < -0.4 is 5.32 Å². The van der Waals surface area contributed by atoms with Crippen molar-refractivity contribution >= 4 is 51.3 Å².